The highest BCUT2D eigenvalue weighted by atomic mass is 16.1. The zero-order valence-corrected chi connectivity index (χ0v) is 9.23. The zero-order chi connectivity index (χ0) is 12.0. The highest BCUT2D eigenvalue weighted by Crippen LogP contribution is 2.32. The average Bonchev–Trinajstić information content (AvgIpc) is 2.31. The summed E-state index contributed by atoms with van der Waals surface area (Å²) in [6.07, 6.45) is 0.675. The average molecular weight is 224 g/mol. The van der Waals surface area contributed by atoms with Gasteiger partial charge in [-0.15, -0.1) is 0 Å². The summed E-state index contributed by atoms with van der Waals surface area (Å²) in [5, 5.41) is 0. The zero-order valence-electron chi connectivity index (χ0n) is 9.23. The maximum atomic E-state index is 12.3. The van der Waals surface area contributed by atoms with Crippen LogP contribution in [0.2, 0.25) is 0 Å². The fraction of sp³-hybridized carbons (Fsp3) is 0.0714. The summed E-state index contributed by atoms with van der Waals surface area (Å²) in [5.74, 6) is -0.0216. The van der Waals surface area contributed by atoms with Gasteiger partial charge in [0.25, 0.3) is 0 Å². The second-order valence-electron chi connectivity index (χ2n) is 4.26. The predicted molar refractivity (Wildman–Crippen MR) is 67.9 cm³/mol. The summed E-state index contributed by atoms with van der Waals surface area (Å²) in [7, 11) is 0. The highest BCUT2D eigenvalue weighted by Gasteiger charge is 2.25. The van der Waals surface area contributed by atoms with Gasteiger partial charge in [-0.3, -0.25) is 4.79 Å². The minimum absolute atomic E-state index is 0.0216. The Bertz CT molecular complexity index is 632. The molecule has 0 aromatic heterocycles. The Morgan fingerprint density at radius 1 is 0.941 bits per heavy atom. The lowest BCUT2D eigenvalue weighted by atomic mass is 9.83. The number of fused-ring (bicyclic) bond motifs is 2. The van der Waals surface area contributed by atoms with E-state index in [-0.39, 0.29) is 5.78 Å². The first-order valence-electron chi connectivity index (χ1n) is 5.48. The first-order chi connectivity index (χ1) is 8.18. The molecule has 0 spiro atoms. The van der Waals surface area contributed by atoms with E-state index in [4.69, 9.17) is 11.5 Å². The number of hydrogen-bond acceptors (Lipinski definition) is 3. The van der Waals surface area contributed by atoms with Crippen molar-refractivity contribution < 1.29 is 4.79 Å². The number of ketones is 1. The third-order valence-electron chi connectivity index (χ3n) is 3.23. The van der Waals surface area contributed by atoms with Crippen LogP contribution in [-0.2, 0) is 6.42 Å². The Kier molecular flexibility index (Phi) is 1.95. The Morgan fingerprint density at radius 2 is 1.65 bits per heavy atom. The standard InChI is InChI=1S/C14H12N2O/c15-11-5-2-4-9-10(11)7-8-3-1-6-12(16)13(8)14(9)17/h1-6H,7,15-16H2. The largest absolute Gasteiger partial charge is 0.398 e. The number of nitrogens with two attached hydrogens (primary N) is 2. The molecule has 0 heterocycles. The van der Waals surface area contributed by atoms with E-state index in [9.17, 15) is 4.79 Å². The van der Waals surface area contributed by atoms with E-state index in [1.807, 2.05) is 24.3 Å². The van der Waals surface area contributed by atoms with Gasteiger partial charge in [0.1, 0.15) is 0 Å². The maximum absolute atomic E-state index is 12.3. The molecule has 0 amide bonds. The van der Waals surface area contributed by atoms with E-state index >= 15 is 0 Å². The van der Waals surface area contributed by atoms with Crippen LogP contribution in [0.1, 0.15) is 27.0 Å². The van der Waals surface area contributed by atoms with Crippen LogP contribution >= 0.6 is 0 Å². The molecular weight excluding hydrogens is 212 g/mol. The molecule has 2 aromatic rings. The highest BCUT2D eigenvalue weighted by molar-refractivity contribution is 6.15. The first-order valence-corrected chi connectivity index (χ1v) is 5.48. The van der Waals surface area contributed by atoms with Gasteiger partial charge in [0, 0.05) is 28.9 Å². The van der Waals surface area contributed by atoms with Crippen molar-refractivity contribution in [2.45, 2.75) is 6.42 Å². The van der Waals surface area contributed by atoms with E-state index in [0.29, 0.717) is 28.9 Å². The lowest BCUT2D eigenvalue weighted by Gasteiger charge is -2.20. The molecule has 1 aliphatic rings. The Morgan fingerprint density at radius 3 is 2.47 bits per heavy atom. The van der Waals surface area contributed by atoms with Crippen LogP contribution in [0.25, 0.3) is 0 Å². The fourth-order valence-corrected chi connectivity index (χ4v) is 2.38. The first kappa shape index (κ1) is 9.90. The fourth-order valence-electron chi connectivity index (χ4n) is 2.38. The van der Waals surface area contributed by atoms with Crippen LogP contribution in [-0.4, -0.2) is 5.78 Å². The van der Waals surface area contributed by atoms with Crippen molar-refractivity contribution in [3.63, 3.8) is 0 Å². The minimum atomic E-state index is -0.0216. The molecular formula is C14H12N2O. The number of nitrogen functional groups attached to an aromatic ring is 2. The molecule has 0 aliphatic heterocycles. The number of hydrogen-bond donors (Lipinski definition) is 2. The van der Waals surface area contributed by atoms with Crippen molar-refractivity contribution in [3.8, 4) is 0 Å². The van der Waals surface area contributed by atoms with Crippen LogP contribution in [0.5, 0.6) is 0 Å². The van der Waals surface area contributed by atoms with Gasteiger partial charge in [-0.05, 0) is 23.3 Å². The van der Waals surface area contributed by atoms with E-state index in [2.05, 4.69) is 0 Å². The molecule has 2 aromatic carbocycles. The molecule has 4 N–H and O–H groups in total. The third-order valence-corrected chi connectivity index (χ3v) is 3.23. The van der Waals surface area contributed by atoms with Crippen molar-refractivity contribution in [2.24, 2.45) is 0 Å². The lowest BCUT2D eigenvalue weighted by Crippen LogP contribution is -2.18. The molecule has 3 rings (SSSR count). The van der Waals surface area contributed by atoms with Gasteiger partial charge >= 0.3 is 0 Å². The van der Waals surface area contributed by atoms with Crippen LogP contribution in [0, 0.1) is 0 Å². The van der Waals surface area contributed by atoms with Crippen LogP contribution in [0.3, 0.4) is 0 Å². The third kappa shape index (κ3) is 1.32. The topological polar surface area (TPSA) is 69.1 Å². The quantitative estimate of drug-likeness (QED) is 0.574. The van der Waals surface area contributed by atoms with Crippen molar-refractivity contribution in [3.05, 3.63) is 58.7 Å². The predicted octanol–water partition coefficient (Wildman–Crippen LogP) is 1.99. The smallest absolute Gasteiger partial charge is 0.195 e. The molecule has 0 radical (unpaired) electrons. The van der Waals surface area contributed by atoms with E-state index in [1.54, 1.807) is 12.1 Å². The van der Waals surface area contributed by atoms with Crippen molar-refractivity contribution in [2.75, 3.05) is 11.5 Å². The Hall–Kier alpha value is -2.29. The van der Waals surface area contributed by atoms with Crippen molar-refractivity contribution >= 4 is 17.2 Å². The SMILES string of the molecule is Nc1cccc2c1Cc1cccc(N)c1C2=O. The van der Waals surface area contributed by atoms with Crippen molar-refractivity contribution in [1.29, 1.82) is 0 Å². The Balaban J connectivity index is 2.29. The van der Waals surface area contributed by atoms with Gasteiger partial charge in [-0.25, -0.2) is 0 Å². The van der Waals surface area contributed by atoms with Crippen LogP contribution < -0.4 is 11.5 Å². The summed E-state index contributed by atoms with van der Waals surface area (Å²) in [6, 6.07) is 11.0. The monoisotopic (exact) mass is 224 g/mol. The molecule has 0 fully saturated rings. The summed E-state index contributed by atoms with van der Waals surface area (Å²) in [5.41, 5.74) is 16.2. The molecule has 3 nitrogen and oxygen atoms in total. The molecule has 0 saturated carbocycles. The van der Waals surface area contributed by atoms with Gasteiger partial charge in [0.2, 0.25) is 0 Å². The number of benzene rings is 2. The summed E-state index contributed by atoms with van der Waals surface area (Å²) in [4.78, 5) is 12.3. The lowest BCUT2D eigenvalue weighted by molar-refractivity contribution is 0.103. The molecule has 17 heavy (non-hydrogen) atoms. The number of rotatable bonds is 0. The van der Waals surface area contributed by atoms with E-state index in [1.165, 1.54) is 0 Å². The summed E-state index contributed by atoms with van der Waals surface area (Å²) >= 11 is 0. The molecule has 0 bridgehead atoms. The summed E-state index contributed by atoms with van der Waals surface area (Å²) in [6.45, 7) is 0. The minimum Gasteiger partial charge on any atom is -0.398 e. The van der Waals surface area contributed by atoms with Gasteiger partial charge < -0.3 is 11.5 Å². The second-order valence-corrected chi connectivity index (χ2v) is 4.26. The number of anilines is 2. The van der Waals surface area contributed by atoms with Gasteiger partial charge in [0.15, 0.2) is 5.78 Å². The van der Waals surface area contributed by atoms with Crippen LogP contribution in [0.15, 0.2) is 36.4 Å². The van der Waals surface area contributed by atoms with Crippen LogP contribution in [0.4, 0.5) is 11.4 Å². The second kappa shape index (κ2) is 3.35. The summed E-state index contributed by atoms with van der Waals surface area (Å²) < 4.78 is 0. The Labute approximate surface area is 99.1 Å². The molecule has 3 heteroatoms. The van der Waals surface area contributed by atoms with Crippen molar-refractivity contribution in [1.82, 2.24) is 0 Å². The van der Waals surface area contributed by atoms with E-state index < -0.39 is 0 Å². The van der Waals surface area contributed by atoms with Gasteiger partial charge in [-0.1, -0.05) is 24.3 Å². The molecule has 0 saturated heterocycles. The number of carbonyl (C=O) groups is 1. The number of carbonyl (C=O) groups excluding carboxylic acids is 1. The maximum Gasteiger partial charge on any atom is 0.195 e. The van der Waals surface area contributed by atoms with Gasteiger partial charge in [0.05, 0.1) is 0 Å². The van der Waals surface area contributed by atoms with E-state index in [0.717, 1.165) is 11.1 Å². The van der Waals surface area contributed by atoms with Gasteiger partial charge in [-0.2, -0.15) is 0 Å². The molecule has 0 unspecified atom stereocenters. The molecule has 84 valence electrons. The molecule has 1 aliphatic carbocycles. The normalized spacial score (nSPS) is 13.1. The molecule has 0 atom stereocenters.